The van der Waals surface area contributed by atoms with Gasteiger partial charge in [0.2, 0.25) is 10.0 Å². The van der Waals surface area contributed by atoms with Crippen molar-refractivity contribution in [2.24, 2.45) is 5.14 Å². The first-order valence-corrected chi connectivity index (χ1v) is 13.7. The molecule has 0 saturated carbocycles. The molecule has 38 heavy (non-hydrogen) atoms. The highest BCUT2D eigenvalue weighted by Crippen LogP contribution is 2.36. The van der Waals surface area contributed by atoms with Crippen molar-refractivity contribution in [3.05, 3.63) is 102 Å². The topological polar surface area (TPSA) is 118 Å². The van der Waals surface area contributed by atoms with Crippen molar-refractivity contribution in [1.82, 2.24) is 9.97 Å². The Morgan fingerprint density at radius 1 is 1.05 bits per heavy atom. The fourth-order valence-electron chi connectivity index (χ4n) is 4.65. The molecule has 1 atom stereocenters. The highest BCUT2D eigenvalue weighted by atomic mass is 32.2. The lowest BCUT2D eigenvalue weighted by molar-refractivity contribution is -0.0949. The molecule has 8 nitrogen and oxygen atoms in total. The molecule has 1 aliphatic heterocycles. The maximum atomic E-state index is 11.7. The number of ether oxygens (including phenoxy) is 2. The molecule has 1 saturated heterocycles. The van der Waals surface area contributed by atoms with E-state index in [1.807, 2.05) is 42.6 Å². The molecule has 9 heteroatoms. The summed E-state index contributed by atoms with van der Waals surface area (Å²) < 4.78 is 40.6. The van der Waals surface area contributed by atoms with Crippen LogP contribution in [0.25, 0.3) is 11.3 Å². The normalized spacial score (nSPS) is 15.8. The van der Waals surface area contributed by atoms with E-state index in [1.54, 1.807) is 25.4 Å². The van der Waals surface area contributed by atoms with Crippen LogP contribution in [0.15, 0.2) is 88.8 Å². The van der Waals surface area contributed by atoms with E-state index in [1.165, 1.54) is 18.5 Å². The Morgan fingerprint density at radius 2 is 1.79 bits per heavy atom. The molecule has 0 bridgehead atoms. The van der Waals surface area contributed by atoms with Gasteiger partial charge in [0, 0.05) is 62.2 Å². The van der Waals surface area contributed by atoms with Crippen molar-refractivity contribution in [3.8, 4) is 23.2 Å². The van der Waals surface area contributed by atoms with E-state index in [0.717, 1.165) is 29.5 Å². The summed E-state index contributed by atoms with van der Waals surface area (Å²) >= 11 is 0. The summed E-state index contributed by atoms with van der Waals surface area (Å²) in [5, 5.41) is 5.25. The molecule has 2 aromatic heterocycles. The van der Waals surface area contributed by atoms with Crippen molar-refractivity contribution in [3.63, 3.8) is 0 Å². The van der Waals surface area contributed by atoms with Crippen LogP contribution in [-0.2, 0) is 25.1 Å². The summed E-state index contributed by atoms with van der Waals surface area (Å²) in [5.74, 6) is 6.74. The van der Waals surface area contributed by atoms with Crippen LogP contribution in [0.1, 0.15) is 41.1 Å². The molecule has 0 aliphatic carbocycles. The van der Waals surface area contributed by atoms with Gasteiger partial charge in [0.05, 0.1) is 16.4 Å². The van der Waals surface area contributed by atoms with Gasteiger partial charge in [-0.05, 0) is 35.9 Å². The van der Waals surface area contributed by atoms with E-state index in [9.17, 15) is 8.42 Å². The Kier molecular flexibility index (Phi) is 7.40. The Hall–Kier alpha value is -3.81. The molecule has 2 N–H and O–H groups in total. The van der Waals surface area contributed by atoms with Crippen molar-refractivity contribution in [2.75, 3.05) is 20.3 Å². The van der Waals surface area contributed by atoms with Gasteiger partial charge in [-0.1, -0.05) is 42.2 Å². The van der Waals surface area contributed by atoms with E-state index in [-0.39, 0.29) is 4.90 Å². The van der Waals surface area contributed by atoms with Gasteiger partial charge in [-0.15, -0.1) is 0 Å². The van der Waals surface area contributed by atoms with Gasteiger partial charge in [-0.25, -0.2) is 18.5 Å². The summed E-state index contributed by atoms with van der Waals surface area (Å²) in [6, 6.07) is 18.0. The molecular weight excluding hydrogens is 502 g/mol. The fraction of sp³-hybridized carbons (Fsp3) is 0.241. The second-order valence-corrected chi connectivity index (χ2v) is 10.6. The van der Waals surface area contributed by atoms with Gasteiger partial charge < -0.3 is 13.9 Å². The Morgan fingerprint density at radius 3 is 2.47 bits per heavy atom. The molecule has 0 amide bonds. The van der Waals surface area contributed by atoms with Crippen molar-refractivity contribution >= 4 is 10.0 Å². The van der Waals surface area contributed by atoms with Gasteiger partial charge >= 0.3 is 0 Å². The summed E-state index contributed by atoms with van der Waals surface area (Å²) in [7, 11) is -2.09. The molecule has 0 spiro atoms. The monoisotopic (exact) mass is 529 g/mol. The molecule has 1 unspecified atom stereocenters. The first kappa shape index (κ1) is 25.8. The zero-order valence-corrected chi connectivity index (χ0v) is 21.6. The minimum Gasteiger partial charge on any atom is -0.443 e. The number of pyridine rings is 1. The third kappa shape index (κ3) is 5.39. The Bertz CT molecular complexity index is 1570. The number of hydrogen-bond acceptors (Lipinski definition) is 7. The van der Waals surface area contributed by atoms with Gasteiger partial charge in [0.25, 0.3) is 0 Å². The molecule has 0 radical (unpaired) electrons. The Labute approximate surface area is 221 Å². The van der Waals surface area contributed by atoms with E-state index in [0.29, 0.717) is 30.2 Å². The number of primary sulfonamides is 1. The molecule has 2 aromatic carbocycles. The van der Waals surface area contributed by atoms with Crippen LogP contribution >= 0.6 is 0 Å². The van der Waals surface area contributed by atoms with Crippen molar-refractivity contribution < 1.29 is 22.3 Å². The lowest BCUT2D eigenvalue weighted by Gasteiger charge is -2.36. The van der Waals surface area contributed by atoms with E-state index >= 15 is 0 Å². The summed E-state index contributed by atoms with van der Waals surface area (Å²) in [4.78, 5) is 8.97. The highest BCUT2D eigenvalue weighted by molar-refractivity contribution is 7.89. The maximum absolute atomic E-state index is 11.7. The third-order valence-corrected chi connectivity index (χ3v) is 7.69. The average Bonchev–Trinajstić information content (AvgIpc) is 3.43. The first-order valence-electron chi connectivity index (χ1n) is 12.1. The standard InChI is InChI=1S/C29H27N3O5S/c1-35-29(13-15-36-16-14-29)24-17-21(18-31-19-24)7-12-26(22-5-3-2-4-6-22)27-28(37-20-32-27)23-8-10-25(11-9-23)38(30,33)34/h2-6,8-11,17-20,26H,13-16H2,1H3,(H2,30,33,34). The molecule has 1 fully saturated rings. The Balaban J connectivity index is 1.53. The van der Waals surface area contributed by atoms with Gasteiger partial charge in [0.15, 0.2) is 12.2 Å². The minimum atomic E-state index is -3.81. The van der Waals surface area contributed by atoms with Crippen LogP contribution < -0.4 is 5.14 Å². The third-order valence-electron chi connectivity index (χ3n) is 6.76. The number of oxazole rings is 1. The average molecular weight is 530 g/mol. The number of benzene rings is 2. The van der Waals surface area contributed by atoms with E-state index in [4.69, 9.17) is 19.0 Å². The SMILES string of the molecule is COC1(c2cncc(C#CC(c3ccccc3)c3ncoc3-c3ccc(S(N)(=O)=O)cc3)c2)CCOCC1. The molecule has 4 aromatic rings. The van der Waals surface area contributed by atoms with Crippen LogP contribution in [0.2, 0.25) is 0 Å². The zero-order valence-electron chi connectivity index (χ0n) is 20.8. The summed E-state index contributed by atoms with van der Waals surface area (Å²) in [6.45, 7) is 1.26. The largest absolute Gasteiger partial charge is 0.443 e. The zero-order chi connectivity index (χ0) is 26.6. The smallest absolute Gasteiger partial charge is 0.238 e. The fourth-order valence-corrected chi connectivity index (χ4v) is 5.17. The molecule has 3 heterocycles. The van der Waals surface area contributed by atoms with Crippen LogP contribution in [0.3, 0.4) is 0 Å². The molecule has 1 aliphatic rings. The van der Waals surface area contributed by atoms with Crippen LogP contribution in [0.5, 0.6) is 0 Å². The lowest BCUT2D eigenvalue weighted by atomic mass is 9.86. The molecule has 194 valence electrons. The second-order valence-electron chi connectivity index (χ2n) is 9.02. The summed E-state index contributed by atoms with van der Waals surface area (Å²) in [5.41, 5.74) is 3.52. The van der Waals surface area contributed by atoms with Crippen LogP contribution in [0, 0.1) is 11.8 Å². The van der Waals surface area contributed by atoms with Crippen molar-refractivity contribution in [2.45, 2.75) is 29.3 Å². The van der Waals surface area contributed by atoms with Crippen LogP contribution in [0.4, 0.5) is 0 Å². The number of rotatable bonds is 6. The number of hydrogen-bond donors (Lipinski definition) is 1. The number of nitrogens with zero attached hydrogens (tertiary/aromatic N) is 2. The second kappa shape index (κ2) is 10.9. The number of methoxy groups -OCH3 is 1. The van der Waals surface area contributed by atoms with E-state index < -0.39 is 21.5 Å². The predicted octanol–water partition coefficient (Wildman–Crippen LogP) is 4.22. The number of nitrogens with two attached hydrogens (primary N) is 1. The number of aromatic nitrogens is 2. The van der Waals surface area contributed by atoms with E-state index in [2.05, 4.69) is 21.8 Å². The van der Waals surface area contributed by atoms with Crippen LogP contribution in [-0.4, -0.2) is 38.7 Å². The lowest BCUT2D eigenvalue weighted by Crippen LogP contribution is -2.35. The minimum absolute atomic E-state index is 0.0208. The highest BCUT2D eigenvalue weighted by Gasteiger charge is 2.35. The summed E-state index contributed by atoms with van der Waals surface area (Å²) in [6.07, 6.45) is 6.43. The number of sulfonamides is 1. The molecule has 5 rings (SSSR count). The van der Waals surface area contributed by atoms with Gasteiger partial charge in [0.1, 0.15) is 5.69 Å². The first-order chi connectivity index (χ1) is 18.4. The predicted molar refractivity (Wildman–Crippen MR) is 141 cm³/mol. The van der Waals surface area contributed by atoms with Gasteiger partial charge in [-0.2, -0.15) is 0 Å². The van der Waals surface area contributed by atoms with Crippen molar-refractivity contribution in [1.29, 1.82) is 0 Å². The molecular formula is C29H27N3O5S. The quantitative estimate of drug-likeness (QED) is 0.372. The maximum Gasteiger partial charge on any atom is 0.238 e. The van der Waals surface area contributed by atoms with Gasteiger partial charge in [-0.3, -0.25) is 4.98 Å².